The number of fused-ring (bicyclic) bond motifs is 2. The van der Waals surface area contributed by atoms with Gasteiger partial charge in [-0.05, 0) is 35.7 Å². The highest BCUT2D eigenvalue weighted by atomic mass is 32.1. The van der Waals surface area contributed by atoms with Gasteiger partial charge in [0.2, 0.25) is 5.91 Å². The van der Waals surface area contributed by atoms with Gasteiger partial charge >= 0.3 is 6.97 Å². The Labute approximate surface area is 159 Å². The van der Waals surface area contributed by atoms with E-state index in [0.29, 0.717) is 22.8 Å². The van der Waals surface area contributed by atoms with Gasteiger partial charge in [-0.1, -0.05) is 12.0 Å². The van der Waals surface area contributed by atoms with Crippen molar-refractivity contribution >= 4 is 36.0 Å². The number of aryl methyl sites for hydroxylation is 1. The largest absolute Gasteiger partial charge is 0.737 e. The molecule has 8 heteroatoms. The predicted octanol–water partition coefficient (Wildman–Crippen LogP) is 2.88. The number of halogens is 2. The molecule has 0 spiro atoms. The van der Waals surface area contributed by atoms with Crippen molar-refractivity contribution < 1.29 is 17.9 Å². The van der Waals surface area contributed by atoms with Crippen molar-refractivity contribution in [3.8, 4) is 12.3 Å². The van der Waals surface area contributed by atoms with E-state index in [9.17, 15) is 4.79 Å². The van der Waals surface area contributed by atoms with Crippen LogP contribution in [0.1, 0.15) is 22.7 Å². The van der Waals surface area contributed by atoms with Gasteiger partial charge < -0.3 is 22.9 Å². The molecule has 0 unspecified atom stereocenters. The number of nitrogens with one attached hydrogen (secondary N) is 1. The topological polar surface area (TPSA) is 37.0 Å². The summed E-state index contributed by atoms with van der Waals surface area (Å²) in [6, 6.07) is 7.01. The minimum Gasteiger partial charge on any atom is -0.394 e. The molecule has 0 radical (unpaired) electrons. The molecule has 0 fully saturated rings. The number of terminal acetylenes is 1. The summed E-state index contributed by atoms with van der Waals surface area (Å²) in [5.74, 6) is 2.07. The molecule has 4 nitrogen and oxygen atoms in total. The number of thiophene rings is 1. The van der Waals surface area contributed by atoms with Crippen molar-refractivity contribution in [1.29, 1.82) is 0 Å². The van der Waals surface area contributed by atoms with Crippen LogP contribution in [0.15, 0.2) is 47.5 Å². The van der Waals surface area contributed by atoms with Crippen molar-refractivity contribution in [2.24, 2.45) is 0 Å². The Morgan fingerprint density at radius 1 is 1.33 bits per heavy atom. The number of rotatable bonds is 5. The van der Waals surface area contributed by atoms with Gasteiger partial charge in [0.25, 0.3) is 0 Å². The lowest BCUT2D eigenvalue weighted by molar-refractivity contribution is -0.360. The number of amides is 1. The molecule has 0 aromatic carbocycles. The van der Waals surface area contributed by atoms with Crippen LogP contribution in [-0.4, -0.2) is 34.1 Å². The fraction of sp³-hybridized carbons (Fsp3) is 0.158. The van der Waals surface area contributed by atoms with E-state index in [1.165, 1.54) is 11.3 Å². The fourth-order valence-corrected chi connectivity index (χ4v) is 4.26. The molecule has 0 bridgehead atoms. The zero-order valence-corrected chi connectivity index (χ0v) is 15.2. The molecule has 2 aromatic heterocycles. The van der Waals surface area contributed by atoms with E-state index < -0.39 is 6.97 Å². The van der Waals surface area contributed by atoms with Crippen LogP contribution in [0, 0.1) is 12.3 Å². The second-order valence-electron chi connectivity index (χ2n) is 6.32. The first-order valence-corrected chi connectivity index (χ1v) is 9.43. The molecule has 1 amide bonds. The van der Waals surface area contributed by atoms with Crippen LogP contribution < -0.4 is 5.32 Å². The summed E-state index contributed by atoms with van der Waals surface area (Å²) in [4.78, 5) is 12.6. The minimum absolute atomic E-state index is 0.105. The van der Waals surface area contributed by atoms with E-state index in [2.05, 4.69) is 11.2 Å². The number of allylic oxidation sites excluding steroid dienone is 2. The molecule has 1 N–H and O–H groups in total. The van der Waals surface area contributed by atoms with Gasteiger partial charge in [0, 0.05) is 30.3 Å². The highest BCUT2D eigenvalue weighted by Gasteiger charge is 2.52. The van der Waals surface area contributed by atoms with E-state index in [4.69, 9.17) is 6.42 Å². The monoisotopic (exact) mass is 383 g/mol. The average molecular weight is 383 g/mol. The Bertz CT molecular complexity index is 1040. The van der Waals surface area contributed by atoms with Gasteiger partial charge in [0.05, 0.1) is 11.4 Å². The summed E-state index contributed by atoms with van der Waals surface area (Å²) in [6.45, 7) is -3.92. The lowest BCUT2D eigenvalue weighted by Crippen LogP contribution is -2.50. The molecule has 136 valence electrons. The van der Waals surface area contributed by atoms with Crippen molar-refractivity contribution in [2.75, 3.05) is 6.54 Å². The van der Waals surface area contributed by atoms with Crippen molar-refractivity contribution in [3.05, 3.63) is 63.8 Å². The lowest BCUT2D eigenvalue weighted by atomic mass is 9.90. The second-order valence-corrected chi connectivity index (χ2v) is 7.27. The van der Waals surface area contributed by atoms with Gasteiger partial charge in [-0.3, -0.25) is 4.79 Å². The highest BCUT2D eigenvalue weighted by molar-refractivity contribution is 7.12. The van der Waals surface area contributed by atoms with Crippen LogP contribution in [0.2, 0.25) is 0 Å². The van der Waals surface area contributed by atoms with Gasteiger partial charge in [-0.25, -0.2) is 0 Å². The van der Waals surface area contributed by atoms with Crippen LogP contribution in [0.4, 0.5) is 8.63 Å². The SMILES string of the molecule is C#CCNC(=O)CCc1ccc2n1[B-](F)(F)[N+]1=C(c3cccs3)C=CC1=C2. The van der Waals surface area contributed by atoms with Crippen molar-refractivity contribution in [3.63, 3.8) is 0 Å². The van der Waals surface area contributed by atoms with Crippen molar-refractivity contribution in [1.82, 2.24) is 9.79 Å². The zero-order valence-electron chi connectivity index (χ0n) is 14.4. The molecular weight excluding hydrogens is 367 g/mol. The quantitative estimate of drug-likeness (QED) is 0.626. The lowest BCUT2D eigenvalue weighted by Gasteiger charge is -2.30. The highest BCUT2D eigenvalue weighted by Crippen LogP contribution is 2.34. The molecule has 0 saturated carbocycles. The summed E-state index contributed by atoms with van der Waals surface area (Å²) in [5.41, 5.74) is 1.85. The maximum absolute atomic E-state index is 15.5. The summed E-state index contributed by atoms with van der Waals surface area (Å²) in [6.07, 6.45) is 10.6. The smallest absolute Gasteiger partial charge is 0.394 e. The molecule has 4 heterocycles. The molecule has 27 heavy (non-hydrogen) atoms. The van der Waals surface area contributed by atoms with Crippen LogP contribution in [-0.2, 0) is 11.2 Å². The molecule has 0 saturated heterocycles. The van der Waals surface area contributed by atoms with Crippen LogP contribution in [0.5, 0.6) is 0 Å². The third kappa shape index (κ3) is 2.94. The Morgan fingerprint density at radius 3 is 2.93 bits per heavy atom. The standard InChI is InChI=1S/C19H16BF2N3OS/c1-2-11-23-19(26)10-8-14-5-6-15-13-16-7-9-17(18-4-3-12-27-18)25(16)20(21,22)24(14)15/h1,3-7,9,12-13H,8,10-11H2,(H,23,26). The fourth-order valence-electron chi connectivity index (χ4n) is 3.51. The van der Waals surface area contributed by atoms with Crippen molar-refractivity contribution in [2.45, 2.75) is 12.8 Å². The molecule has 0 atom stereocenters. The minimum atomic E-state index is -4.06. The van der Waals surface area contributed by atoms with Gasteiger partial charge in [0.15, 0.2) is 11.4 Å². The number of aromatic nitrogens is 1. The Kier molecular flexibility index (Phi) is 4.32. The van der Waals surface area contributed by atoms with E-state index in [1.54, 1.807) is 30.4 Å². The van der Waals surface area contributed by atoms with Gasteiger partial charge in [-0.15, -0.1) is 17.8 Å². The molecular formula is C19H16BF2N3OS. The van der Waals surface area contributed by atoms with Gasteiger partial charge in [0.1, 0.15) is 0 Å². The average Bonchev–Trinajstić information content (AvgIpc) is 3.37. The molecule has 2 aromatic rings. The second kappa shape index (κ2) is 6.67. The third-order valence-electron chi connectivity index (χ3n) is 4.67. The number of hydrogen-bond acceptors (Lipinski definition) is 2. The normalized spacial score (nSPS) is 16.6. The summed E-state index contributed by atoms with van der Waals surface area (Å²) >= 11 is 1.43. The maximum atomic E-state index is 15.5. The van der Waals surface area contributed by atoms with Crippen LogP contribution >= 0.6 is 11.3 Å². The Hall–Kier alpha value is -2.92. The molecule has 2 aliphatic heterocycles. The third-order valence-corrected chi connectivity index (χ3v) is 5.56. The number of nitrogens with zero attached hydrogens (tertiary/aromatic N) is 2. The maximum Gasteiger partial charge on any atom is 0.737 e. The first-order chi connectivity index (χ1) is 13.0. The summed E-state index contributed by atoms with van der Waals surface area (Å²) in [5, 5.41) is 4.43. The van der Waals surface area contributed by atoms with Crippen LogP contribution in [0.3, 0.4) is 0 Å². The Balaban J connectivity index is 1.69. The molecule has 0 aliphatic carbocycles. The van der Waals surface area contributed by atoms with E-state index in [-0.39, 0.29) is 25.3 Å². The van der Waals surface area contributed by atoms with Crippen LogP contribution in [0.25, 0.3) is 6.08 Å². The molecule has 4 rings (SSSR count). The number of carbonyl (C=O) groups excluding carboxylic acids is 1. The Morgan fingerprint density at radius 2 is 2.19 bits per heavy atom. The first-order valence-electron chi connectivity index (χ1n) is 8.55. The van der Waals surface area contributed by atoms with E-state index >= 15 is 8.63 Å². The predicted molar refractivity (Wildman–Crippen MR) is 104 cm³/mol. The van der Waals surface area contributed by atoms with E-state index in [1.807, 2.05) is 17.5 Å². The summed E-state index contributed by atoms with van der Waals surface area (Å²) < 4.78 is 33.3. The number of carbonyl (C=O) groups is 1. The zero-order chi connectivity index (χ0) is 19.0. The molecule has 2 aliphatic rings. The van der Waals surface area contributed by atoms with Gasteiger partial charge in [-0.2, -0.15) is 0 Å². The number of hydrogen-bond donors (Lipinski definition) is 1. The summed E-state index contributed by atoms with van der Waals surface area (Å²) in [7, 11) is 0. The first kappa shape index (κ1) is 17.5. The van der Waals surface area contributed by atoms with E-state index in [0.717, 1.165) is 13.8 Å².